The Hall–Kier alpha value is -2.19. The van der Waals surface area contributed by atoms with Crippen LogP contribution in [-0.2, 0) is 4.79 Å². The fraction of sp³-hybridized carbons (Fsp3) is 0.500. The van der Waals surface area contributed by atoms with Crippen molar-refractivity contribution >= 4 is 22.2 Å². The van der Waals surface area contributed by atoms with Crippen LogP contribution in [0, 0.1) is 13.8 Å². The molecule has 2 aromatic rings. The monoisotopic (exact) mass is 438 g/mol. The van der Waals surface area contributed by atoms with Crippen molar-refractivity contribution < 1.29 is 23.0 Å². The molecule has 30 heavy (non-hydrogen) atoms. The summed E-state index contributed by atoms with van der Waals surface area (Å²) in [4.78, 5) is 15.4. The van der Waals surface area contributed by atoms with Crippen LogP contribution in [0.1, 0.15) is 53.8 Å². The van der Waals surface area contributed by atoms with Crippen molar-refractivity contribution in [3.63, 3.8) is 0 Å². The van der Waals surface area contributed by atoms with Crippen molar-refractivity contribution in [2.24, 2.45) is 0 Å². The maximum Gasteiger partial charge on any atom is 0.387 e. The molecular weight excluding hydrogens is 410 g/mol. The summed E-state index contributed by atoms with van der Waals surface area (Å²) in [5.74, 6) is 0.155. The highest BCUT2D eigenvalue weighted by Gasteiger charge is 2.30. The van der Waals surface area contributed by atoms with Crippen LogP contribution in [0.4, 0.5) is 13.8 Å². The highest BCUT2D eigenvalue weighted by Crippen LogP contribution is 2.44. The van der Waals surface area contributed by atoms with E-state index < -0.39 is 6.61 Å². The Kier molecular flexibility index (Phi) is 7.31. The first kappa shape index (κ1) is 22.5. The van der Waals surface area contributed by atoms with Gasteiger partial charge in [-0.15, -0.1) is 11.3 Å². The second-order valence-electron chi connectivity index (χ2n) is 7.50. The molecule has 0 bridgehead atoms. The molecule has 1 amide bonds. The highest BCUT2D eigenvalue weighted by atomic mass is 32.1. The number of methoxy groups -OCH3 is 1. The zero-order valence-corrected chi connectivity index (χ0v) is 18.6. The number of nitrogens with zero attached hydrogens (tertiary/aromatic N) is 1. The number of ether oxygens (including phenoxy) is 2. The zero-order chi connectivity index (χ0) is 21.8. The third-order valence-electron chi connectivity index (χ3n) is 5.47. The standard InChI is InChI=1S/C22H28F2N2O3S/c1-13-14(2)30-21(25-15(3)27)19(13)20(26-10-6-5-7-11-26)16-8-9-17(29-22(23)24)18(12-16)28-4/h8-9,12,20,22H,5-7,10-11H2,1-4H3,(H,25,27). The van der Waals surface area contributed by atoms with Crippen LogP contribution < -0.4 is 14.8 Å². The first-order chi connectivity index (χ1) is 14.3. The van der Waals surface area contributed by atoms with E-state index in [1.165, 1.54) is 26.5 Å². The van der Waals surface area contributed by atoms with Gasteiger partial charge in [-0.05, 0) is 63.0 Å². The minimum Gasteiger partial charge on any atom is -0.493 e. The number of aryl methyl sites for hydroxylation is 1. The molecule has 5 nitrogen and oxygen atoms in total. The average Bonchev–Trinajstić information content (AvgIpc) is 2.97. The van der Waals surface area contributed by atoms with Gasteiger partial charge in [-0.3, -0.25) is 9.69 Å². The van der Waals surface area contributed by atoms with Crippen LogP contribution in [0.5, 0.6) is 11.5 Å². The van der Waals surface area contributed by atoms with Crippen LogP contribution in [0.3, 0.4) is 0 Å². The molecular formula is C22H28F2N2O3S. The number of anilines is 1. The van der Waals surface area contributed by atoms with Crippen LogP contribution >= 0.6 is 11.3 Å². The first-order valence-corrected chi connectivity index (χ1v) is 10.9. The topological polar surface area (TPSA) is 50.8 Å². The zero-order valence-electron chi connectivity index (χ0n) is 17.8. The summed E-state index contributed by atoms with van der Waals surface area (Å²) in [5, 5.41) is 3.82. The summed E-state index contributed by atoms with van der Waals surface area (Å²) in [6.07, 6.45) is 3.38. The van der Waals surface area contributed by atoms with Crippen molar-refractivity contribution in [1.82, 2.24) is 4.90 Å². The van der Waals surface area contributed by atoms with E-state index in [2.05, 4.69) is 21.9 Å². The number of halogens is 2. The normalized spacial score (nSPS) is 15.8. The molecule has 2 heterocycles. The number of piperidine rings is 1. The number of carbonyl (C=O) groups excluding carboxylic acids is 1. The molecule has 0 saturated carbocycles. The Morgan fingerprint density at radius 2 is 1.87 bits per heavy atom. The van der Waals surface area contributed by atoms with Crippen molar-refractivity contribution in [2.75, 3.05) is 25.5 Å². The summed E-state index contributed by atoms with van der Waals surface area (Å²) in [5.41, 5.74) is 3.10. The number of nitrogens with one attached hydrogen (secondary N) is 1. The minimum absolute atomic E-state index is 0.00829. The van der Waals surface area contributed by atoms with E-state index in [4.69, 9.17) is 4.74 Å². The number of likely N-dealkylation sites (tertiary alicyclic amines) is 1. The van der Waals surface area contributed by atoms with E-state index >= 15 is 0 Å². The molecule has 0 radical (unpaired) electrons. The predicted molar refractivity (Wildman–Crippen MR) is 115 cm³/mol. The van der Waals surface area contributed by atoms with Crippen molar-refractivity contribution in [2.45, 2.75) is 52.7 Å². The number of hydrogen-bond acceptors (Lipinski definition) is 5. The SMILES string of the molecule is COc1cc(C(c2c(NC(C)=O)sc(C)c2C)N2CCCCC2)ccc1OC(F)F. The lowest BCUT2D eigenvalue weighted by Gasteiger charge is -2.36. The number of alkyl halides is 2. The quantitative estimate of drug-likeness (QED) is 0.619. The average molecular weight is 439 g/mol. The Morgan fingerprint density at radius 3 is 2.47 bits per heavy atom. The highest BCUT2D eigenvalue weighted by molar-refractivity contribution is 7.16. The smallest absolute Gasteiger partial charge is 0.387 e. The lowest BCUT2D eigenvalue weighted by molar-refractivity contribution is -0.114. The molecule has 1 aromatic heterocycles. The van der Waals surface area contributed by atoms with Gasteiger partial charge in [-0.1, -0.05) is 12.5 Å². The maximum atomic E-state index is 12.8. The third kappa shape index (κ3) is 4.92. The van der Waals surface area contributed by atoms with Crippen LogP contribution in [0.2, 0.25) is 0 Å². The molecule has 1 aromatic carbocycles. The van der Waals surface area contributed by atoms with Gasteiger partial charge in [0, 0.05) is 17.4 Å². The van der Waals surface area contributed by atoms with Gasteiger partial charge in [0.2, 0.25) is 5.91 Å². The third-order valence-corrected chi connectivity index (χ3v) is 6.61. The van der Waals surface area contributed by atoms with Gasteiger partial charge >= 0.3 is 6.61 Å². The van der Waals surface area contributed by atoms with Gasteiger partial charge in [-0.25, -0.2) is 0 Å². The lowest BCUT2D eigenvalue weighted by Crippen LogP contribution is -2.35. The molecule has 1 aliphatic heterocycles. The van der Waals surface area contributed by atoms with Crippen LogP contribution in [0.25, 0.3) is 0 Å². The summed E-state index contributed by atoms with van der Waals surface area (Å²) in [6, 6.07) is 4.99. The van der Waals surface area contributed by atoms with E-state index in [0.29, 0.717) is 0 Å². The Labute approximate surface area is 180 Å². The number of benzene rings is 1. The molecule has 1 unspecified atom stereocenters. The van der Waals surface area contributed by atoms with Gasteiger partial charge in [-0.2, -0.15) is 8.78 Å². The summed E-state index contributed by atoms with van der Waals surface area (Å²) in [6.45, 7) is 4.54. The van der Waals surface area contributed by atoms with Crippen molar-refractivity contribution in [1.29, 1.82) is 0 Å². The maximum absolute atomic E-state index is 12.8. The van der Waals surface area contributed by atoms with E-state index in [0.717, 1.165) is 52.5 Å². The van der Waals surface area contributed by atoms with Crippen LogP contribution in [-0.4, -0.2) is 37.6 Å². The first-order valence-electron chi connectivity index (χ1n) is 10.1. The Bertz CT molecular complexity index is 895. The van der Waals surface area contributed by atoms with E-state index in [1.807, 2.05) is 13.0 Å². The fourth-order valence-corrected chi connectivity index (χ4v) is 5.15. The number of carbonyl (C=O) groups is 1. The summed E-state index contributed by atoms with van der Waals surface area (Å²) >= 11 is 1.56. The van der Waals surface area contributed by atoms with Gasteiger partial charge < -0.3 is 14.8 Å². The summed E-state index contributed by atoms with van der Waals surface area (Å²) in [7, 11) is 1.44. The fourth-order valence-electron chi connectivity index (χ4n) is 4.01. The molecule has 1 aliphatic rings. The predicted octanol–water partition coefficient (Wildman–Crippen LogP) is 5.51. The summed E-state index contributed by atoms with van der Waals surface area (Å²) < 4.78 is 35.5. The van der Waals surface area contributed by atoms with E-state index in [9.17, 15) is 13.6 Å². The molecule has 164 valence electrons. The lowest BCUT2D eigenvalue weighted by atomic mass is 9.93. The number of amides is 1. The van der Waals surface area contributed by atoms with E-state index in [1.54, 1.807) is 17.4 Å². The van der Waals surface area contributed by atoms with E-state index in [-0.39, 0.29) is 23.4 Å². The van der Waals surface area contributed by atoms with Crippen molar-refractivity contribution in [3.8, 4) is 11.5 Å². The minimum atomic E-state index is -2.92. The molecule has 1 fully saturated rings. The number of rotatable bonds is 7. The molecule has 0 aliphatic carbocycles. The molecule has 0 spiro atoms. The largest absolute Gasteiger partial charge is 0.493 e. The number of hydrogen-bond donors (Lipinski definition) is 1. The van der Waals surface area contributed by atoms with Crippen molar-refractivity contribution in [3.05, 3.63) is 39.8 Å². The molecule has 3 rings (SSSR count). The second kappa shape index (κ2) is 9.75. The van der Waals surface area contributed by atoms with Gasteiger partial charge in [0.05, 0.1) is 13.2 Å². The molecule has 1 atom stereocenters. The Balaban J connectivity index is 2.12. The Morgan fingerprint density at radius 1 is 1.17 bits per heavy atom. The molecule has 1 N–H and O–H groups in total. The van der Waals surface area contributed by atoms with Gasteiger partial charge in [0.1, 0.15) is 5.00 Å². The molecule has 8 heteroatoms. The van der Waals surface area contributed by atoms with Crippen LogP contribution in [0.15, 0.2) is 18.2 Å². The molecule has 1 saturated heterocycles. The number of thiophene rings is 1. The van der Waals surface area contributed by atoms with Gasteiger partial charge in [0.25, 0.3) is 0 Å². The van der Waals surface area contributed by atoms with Gasteiger partial charge in [0.15, 0.2) is 11.5 Å². The second-order valence-corrected chi connectivity index (χ2v) is 8.72.